The molecule has 0 saturated carbocycles. The van der Waals surface area contributed by atoms with Crippen molar-refractivity contribution in [1.29, 1.82) is 5.26 Å². The van der Waals surface area contributed by atoms with Crippen molar-refractivity contribution >= 4 is 6.03 Å². The highest BCUT2D eigenvalue weighted by atomic mass is 16.5. The van der Waals surface area contributed by atoms with Gasteiger partial charge in [-0.05, 0) is 37.1 Å². The third-order valence-corrected chi connectivity index (χ3v) is 5.06. The predicted octanol–water partition coefficient (Wildman–Crippen LogP) is 5.15. The summed E-state index contributed by atoms with van der Waals surface area (Å²) in [7, 11) is 0. The molecule has 31 heavy (non-hydrogen) atoms. The van der Waals surface area contributed by atoms with Gasteiger partial charge in [-0.1, -0.05) is 56.7 Å². The lowest BCUT2D eigenvalue weighted by Gasteiger charge is -2.33. The largest absolute Gasteiger partial charge is 0.490 e. The third kappa shape index (κ3) is 5.18. The molecule has 2 amide bonds. The predicted molar refractivity (Wildman–Crippen MR) is 120 cm³/mol. The van der Waals surface area contributed by atoms with Gasteiger partial charge in [0.1, 0.15) is 6.61 Å². The molecule has 3 rings (SSSR count). The Kier molecular flexibility index (Phi) is 6.55. The Morgan fingerprint density at radius 3 is 2.39 bits per heavy atom. The van der Waals surface area contributed by atoms with Gasteiger partial charge in [0.05, 0.1) is 24.3 Å². The van der Waals surface area contributed by atoms with Crippen molar-refractivity contribution in [3.63, 3.8) is 0 Å². The van der Waals surface area contributed by atoms with Crippen LogP contribution in [0, 0.1) is 23.7 Å². The zero-order valence-electron chi connectivity index (χ0n) is 18.7. The van der Waals surface area contributed by atoms with Crippen LogP contribution in [0.3, 0.4) is 0 Å². The highest BCUT2D eigenvalue weighted by Gasteiger charge is 2.34. The van der Waals surface area contributed by atoms with E-state index < -0.39 is 6.04 Å². The Morgan fingerprint density at radius 1 is 1.06 bits per heavy atom. The van der Waals surface area contributed by atoms with Crippen molar-refractivity contribution in [1.82, 2.24) is 10.6 Å². The number of hydrogen-bond acceptors (Lipinski definition) is 4. The topological polar surface area (TPSA) is 83.4 Å². The number of rotatable bonds is 6. The average Bonchev–Trinajstić information content (AvgIpc) is 2.73. The van der Waals surface area contributed by atoms with Crippen LogP contribution in [0.2, 0.25) is 0 Å². The van der Waals surface area contributed by atoms with Crippen molar-refractivity contribution in [3.8, 4) is 17.6 Å². The smallest absolute Gasteiger partial charge is 0.319 e. The molecule has 0 bridgehead atoms. The zero-order valence-corrected chi connectivity index (χ0v) is 18.7. The summed E-state index contributed by atoms with van der Waals surface area (Å²) in [6, 6.07) is 15.1. The zero-order chi connectivity index (χ0) is 22.6. The molecule has 0 unspecified atom stereocenters. The molecule has 0 fully saturated rings. The van der Waals surface area contributed by atoms with Crippen LogP contribution in [0.25, 0.3) is 0 Å². The monoisotopic (exact) mass is 419 g/mol. The molecule has 0 aliphatic carbocycles. The lowest BCUT2D eigenvalue weighted by Crippen LogP contribution is -2.46. The van der Waals surface area contributed by atoms with Gasteiger partial charge in [-0.3, -0.25) is 0 Å². The number of nitriles is 1. The molecule has 162 valence electrons. The molecule has 1 atom stereocenters. The molecule has 0 aromatic heterocycles. The fraction of sp³-hybridized carbons (Fsp3) is 0.360. The molecule has 1 heterocycles. The van der Waals surface area contributed by atoms with Crippen LogP contribution in [0.15, 0.2) is 53.7 Å². The highest BCUT2D eigenvalue weighted by molar-refractivity contribution is 5.80. The maximum absolute atomic E-state index is 12.3. The molecule has 0 saturated heterocycles. The Labute approximate surface area is 183 Å². The van der Waals surface area contributed by atoms with Gasteiger partial charge in [0.15, 0.2) is 11.5 Å². The molecule has 0 radical (unpaired) electrons. The van der Waals surface area contributed by atoms with Gasteiger partial charge in [-0.25, -0.2) is 4.79 Å². The number of carbonyl (C=O) groups is 1. The maximum Gasteiger partial charge on any atom is 0.319 e. The standard InChI is InChI=1S/C25H29N3O3/c1-6-30-21-13-18(11-12-20(21)31-15-17-9-7-16(2)8-10-17)22-19(14-26)23(25(3,4)5)28-24(29)27-22/h7-13,22H,6,15H2,1-5H3,(H2,27,28,29)/t22-/m0/s1. The van der Waals surface area contributed by atoms with Crippen LogP contribution < -0.4 is 20.1 Å². The number of carbonyl (C=O) groups excluding carboxylic acids is 1. The van der Waals surface area contributed by atoms with Gasteiger partial charge in [-0.15, -0.1) is 0 Å². The van der Waals surface area contributed by atoms with Gasteiger partial charge < -0.3 is 20.1 Å². The number of ether oxygens (including phenoxy) is 2. The molecular weight excluding hydrogens is 390 g/mol. The second kappa shape index (κ2) is 9.13. The van der Waals surface area contributed by atoms with Gasteiger partial charge in [0.2, 0.25) is 0 Å². The molecule has 2 N–H and O–H groups in total. The van der Waals surface area contributed by atoms with E-state index in [0.717, 1.165) is 11.1 Å². The van der Waals surface area contributed by atoms with Gasteiger partial charge in [0, 0.05) is 11.1 Å². The van der Waals surface area contributed by atoms with Gasteiger partial charge in [-0.2, -0.15) is 5.26 Å². The minimum atomic E-state index is -0.557. The first-order chi connectivity index (χ1) is 14.7. The fourth-order valence-corrected chi connectivity index (χ4v) is 3.46. The molecule has 0 spiro atoms. The Morgan fingerprint density at radius 2 is 1.77 bits per heavy atom. The van der Waals surface area contributed by atoms with E-state index in [1.165, 1.54) is 5.56 Å². The average molecular weight is 420 g/mol. The first-order valence-electron chi connectivity index (χ1n) is 10.4. The Hall–Kier alpha value is -3.46. The minimum absolute atomic E-state index is 0.327. The second-order valence-electron chi connectivity index (χ2n) is 8.60. The fourth-order valence-electron chi connectivity index (χ4n) is 3.46. The van der Waals surface area contributed by atoms with E-state index in [1.54, 1.807) is 0 Å². The van der Waals surface area contributed by atoms with Crippen molar-refractivity contribution in [2.75, 3.05) is 6.61 Å². The number of allylic oxidation sites excluding steroid dienone is 1. The molecule has 1 aliphatic heterocycles. The van der Waals surface area contributed by atoms with Crippen LogP contribution in [-0.2, 0) is 6.61 Å². The van der Waals surface area contributed by atoms with Crippen LogP contribution in [-0.4, -0.2) is 12.6 Å². The van der Waals surface area contributed by atoms with Crippen molar-refractivity contribution in [3.05, 3.63) is 70.4 Å². The summed E-state index contributed by atoms with van der Waals surface area (Å²) >= 11 is 0. The lowest BCUT2D eigenvalue weighted by atomic mass is 9.84. The van der Waals surface area contributed by atoms with E-state index in [-0.39, 0.29) is 11.4 Å². The number of hydrogen-bond donors (Lipinski definition) is 2. The quantitative estimate of drug-likeness (QED) is 0.678. The summed E-state index contributed by atoms with van der Waals surface area (Å²) in [5.41, 5.74) is 3.76. The Balaban J connectivity index is 1.93. The van der Waals surface area contributed by atoms with Gasteiger partial charge >= 0.3 is 6.03 Å². The Bertz CT molecular complexity index is 1030. The van der Waals surface area contributed by atoms with Crippen molar-refractivity contribution in [2.24, 2.45) is 5.41 Å². The number of urea groups is 1. The maximum atomic E-state index is 12.3. The number of nitrogens with one attached hydrogen (secondary N) is 2. The molecule has 2 aromatic rings. The van der Waals surface area contributed by atoms with Crippen LogP contribution in [0.5, 0.6) is 11.5 Å². The molecule has 2 aromatic carbocycles. The van der Waals surface area contributed by atoms with Crippen LogP contribution >= 0.6 is 0 Å². The summed E-state index contributed by atoms with van der Waals surface area (Å²) in [6.07, 6.45) is 0. The van der Waals surface area contributed by atoms with Crippen LogP contribution in [0.4, 0.5) is 4.79 Å². The number of nitrogens with zero attached hydrogens (tertiary/aromatic N) is 1. The summed E-state index contributed by atoms with van der Waals surface area (Å²) in [4.78, 5) is 12.3. The van der Waals surface area contributed by atoms with Crippen LogP contribution in [0.1, 0.15) is 50.4 Å². The summed E-state index contributed by atoms with van der Waals surface area (Å²) < 4.78 is 11.8. The third-order valence-electron chi connectivity index (χ3n) is 5.06. The lowest BCUT2D eigenvalue weighted by molar-refractivity contribution is 0.235. The van der Waals surface area contributed by atoms with Gasteiger partial charge in [0.25, 0.3) is 0 Å². The van der Waals surface area contributed by atoms with E-state index in [2.05, 4.69) is 16.7 Å². The van der Waals surface area contributed by atoms with Crippen molar-refractivity contribution in [2.45, 2.75) is 47.3 Å². The van der Waals surface area contributed by atoms with E-state index >= 15 is 0 Å². The minimum Gasteiger partial charge on any atom is -0.490 e. The van der Waals surface area contributed by atoms with E-state index in [0.29, 0.717) is 36.0 Å². The summed E-state index contributed by atoms with van der Waals surface area (Å²) in [6.45, 7) is 10.7. The number of benzene rings is 2. The second-order valence-corrected chi connectivity index (χ2v) is 8.60. The summed E-state index contributed by atoms with van der Waals surface area (Å²) in [5.74, 6) is 1.19. The van der Waals surface area contributed by atoms with Crippen molar-refractivity contribution < 1.29 is 14.3 Å². The molecule has 6 nitrogen and oxygen atoms in total. The molecular formula is C25H29N3O3. The normalized spacial score (nSPS) is 16.3. The number of amides is 2. The SMILES string of the molecule is CCOc1cc([C@@H]2NC(=O)NC(C(C)(C)C)=C2C#N)ccc1OCc1ccc(C)cc1. The first kappa shape index (κ1) is 22.2. The van der Waals surface area contributed by atoms with E-state index in [1.807, 2.05) is 77.1 Å². The van der Waals surface area contributed by atoms with E-state index in [4.69, 9.17) is 9.47 Å². The summed E-state index contributed by atoms with van der Waals surface area (Å²) in [5, 5.41) is 15.5. The first-order valence-corrected chi connectivity index (χ1v) is 10.4. The molecule has 1 aliphatic rings. The van der Waals surface area contributed by atoms with E-state index in [9.17, 15) is 10.1 Å². The number of aryl methyl sites for hydroxylation is 1. The molecule has 6 heteroatoms. The highest BCUT2D eigenvalue weighted by Crippen LogP contribution is 2.37.